The SMILES string of the molecule is CCC1CCC(O)C(N2CCC(C(F)(F)F)C2)C1. The minimum absolute atomic E-state index is 0.0592. The predicted octanol–water partition coefficient (Wildman–Crippen LogP) is 2.81. The zero-order valence-electron chi connectivity index (χ0n) is 10.8. The van der Waals surface area contributed by atoms with Gasteiger partial charge < -0.3 is 5.11 Å². The second-order valence-electron chi connectivity index (χ2n) is 5.74. The summed E-state index contributed by atoms with van der Waals surface area (Å²) in [5, 5.41) is 10.0. The number of rotatable bonds is 2. The standard InChI is InChI=1S/C13H22F3NO/c1-2-9-3-4-12(18)11(7-9)17-6-5-10(8-17)13(14,15)16/h9-12,18H,2-8H2,1H3. The normalized spacial score (nSPS) is 39.2. The first-order chi connectivity index (χ1) is 8.41. The van der Waals surface area contributed by atoms with Crippen molar-refractivity contribution < 1.29 is 18.3 Å². The van der Waals surface area contributed by atoms with E-state index in [4.69, 9.17) is 0 Å². The molecule has 18 heavy (non-hydrogen) atoms. The third-order valence-corrected chi connectivity index (χ3v) is 4.62. The highest BCUT2D eigenvalue weighted by molar-refractivity contribution is 4.91. The van der Waals surface area contributed by atoms with E-state index in [1.807, 2.05) is 4.90 Å². The summed E-state index contributed by atoms with van der Waals surface area (Å²) in [5.41, 5.74) is 0. The summed E-state index contributed by atoms with van der Waals surface area (Å²) in [7, 11) is 0. The van der Waals surface area contributed by atoms with Crippen LogP contribution in [0.15, 0.2) is 0 Å². The molecule has 4 unspecified atom stereocenters. The topological polar surface area (TPSA) is 23.5 Å². The van der Waals surface area contributed by atoms with Gasteiger partial charge in [0.25, 0.3) is 0 Å². The predicted molar refractivity (Wildman–Crippen MR) is 63.2 cm³/mol. The molecule has 1 heterocycles. The molecule has 2 nitrogen and oxygen atoms in total. The number of aliphatic hydroxyl groups is 1. The fourth-order valence-electron chi connectivity index (χ4n) is 3.33. The number of aliphatic hydroxyl groups excluding tert-OH is 1. The minimum Gasteiger partial charge on any atom is -0.391 e. The number of alkyl halides is 3. The molecule has 106 valence electrons. The van der Waals surface area contributed by atoms with Crippen LogP contribution in [0.25, 0.3) is 0 Å². The van der Waals surface area contributed by atoms with Gasteiger partial charge in [0.15, 0.2) is 0 Å². The van der Waals surface area contributed by atoms with E-state index in [1.54, 1.807) is 0 Å². The summed E-state index contributed by atoms with van der Waals surface area (Å²) in [5.74, 6) is -0.643. The minimum atomic E-state index is -4.08. The highest BCUT2D eigenvalue weighted by Gasteiger charge is 2.46. The fourth-order valence-corrected chi connectivity index (χ4v) is 3.33. The molecule has 1 saturated heterocycles. The Morgan fingerprint density at radius 1 is 1.22 bits per heavy atom. The second-order valence-corrected chi connectivity index (χ2v) is 5.74. The molecular weight excluding hydrogens is 243 g/mol. The zero-order valence-corrected chi connectivity index (χ0v) is 10.8. The summed E-state index contributed by atoms with van der Waals surface area (Å²) < 4.78 is 38.0. The molecule has 0 aromatic rings. The molecule has 1 aliphatic heterocycles. The number of nitrogens with zero attached hydrogens (tertiary/aromatic N) is 1. The van der Waals surface area contributed by atoms with Crippen LogP contribution < -0.4 is 0 Å². The second kappa shape index (κ2) is 5.37. The lowest BCUT2D eigenvalue weighted by molar-refractivity contribution is -0.171. The molecule has 2 aliphatic rings. The Balaban J connectivity index is 1.95. The van der Waals surface area contributed by atoms with Crippen molar-refractivity contribution in [1.82, 2.24) is 4.90 Å². The van der Waals surface area contributed by atoms with Crippen molar-refractivity contribution in [3.63, 3.8) is 0 Å². The lowest BCUT2D eigenvalue weighted by atomic mass is 9.82. The summed E-state index contributed by atoms with van der Waals surface area (Å²) in [6.07, 6.45) is -0.703. The fraction of sp³-hybridized carbons (Fsp3) is 1.00. The molecule has 4 atom stereocenters. The van der Waals surface area contributed by atoms with Crippen LogP contribution in [-0.2, 0) is 0 Å². The summed E-state index contributed by atoms with van der Waals surface area (Å²) >= 11 is 0. The van der Waals surface area contributed by atoms with Crippen molar-refractivity contribution in [1.29, 1.82) is 0 Å². The van der Waals surface area contributed by atoms with Crippen LogP contribution in [0.2, 0.25) is 0 Å². The van der Waals surface area contributed by atoms with Gasteiger partial charge in [-0.1, -0.05) is 13.3 Å². The smallest absolute Gasteiger partial charge is 0.391 e. The third kappa shape index (κ3) is 2.99. The molecule has 0 bridgehead atoms. The van der Waals surface area contributed by atoms with E-state index >= 15 is 0 Å². The van der Waals surface area contributed by atoms with Gasteiger partial charge in [0.2, 0.25) is 0 Å². The van der Waals surface area contributed by atoms with E-state index in [1.165, 1.54) is 0 Å². The molecule has 1 N–H and O–H groups in total. The van der Waals surface area contributed by atoms with Gasteiger partial charge in [-0.15, -0.1) is 0 Å². The molecule has 2 fully saturated rings. The van der Waals surface area contributed by atoms with E-state index in [-0.39, 0.29) is 19.0 Å². The molecule has 0 radical (unpaired) electrons. The van der Waals surface area contributed by atoms with Crippen molar-refractivity contribution in [2.75, 3.05) is 13.1 Å². The van der Waals surface area contributed by atoms with Crippen LogP contribution in [-0.4, -0.2) is 41.4 Å². The molecule has 0 aromatic heterocycles. The van der Waals surface area contributed by atoms with E-state index in [2.05, 4.69) is 6.92 Å². The molecule has 2 rings (SSSR count). The molecule has 0 amide bonds. The van der Waals surface area contributed by atoms with Crippen molar-refractivity contribution in [3.05, 3.63) is 0 Å². The Morgan fingerprint density at radius 3 is 2.50 bits per heavy atom. The summed E-state index contributed by atoms with van der Waals surface area (Å²) in [6.45, 7) is 2.66. The Kier molecular flexibility index (Phi) is 4.22. The average Bonchev–Trinajstić information content (AvgIpc) is 2.78. The lowest BCUT2D eigenvalue weighted by Crippen LogP contribution is -2.46. The molecule has 5 heteroatoms. The highest BCUT2D eigenvalue weighted by Crippen LogP contribution is 2.37. The van der Waals surface area contributed by atoms with Crippen LogP contribution in [0.3, 0.4) is 0 Å². The first-order valence-corrected chi connectivity index (χ1v) is 6.90. The zero-order chi connectivity index (χ0) is 13.3. The van der Waals surface area contributed by atoms with Crippen molar-refractivity contribution >= 4 is 0 Å². The quantitative estimate of drug-likeness (QED) is 0.830. The van der Waals surface area contributed by atoms with E-state index in [0.717, 1.165) is 25.7 Å². The summed E-state index contributed by atoms with van der Waals surface area (Å²) in [6, 6.07) is -0.0592. The first kappa shape index (κ1) is 14.1. The monoisotopic (exact) mass is 265 g/mol. The Hall–Kier alpha value is -0.290. The van der Waals surface area contributed by atoms with Crippen LogP contribution in [0.1, 0.15) is 39.0 Å². The van der Waals surface area contributed by atoms with Gasteiger partial charge in [-0.25, -0.2) is 0 Å². The Bertz CT molecular complexity index is 282. The van der Waals surface area contributed by atoms with Crippen molar-refractivity contribution in [3.8, 4) is 0 Å². The maximum Gasteiger partial charge on any atom is 0.393 e. The Labute approximate surface area is 106 Å². The van der Waals surface area contributed by atoms with Crippen LogP contribution in [0.5, 0.6) is 0 Å². The number of likely N-dealkylation sites (tertiary alicyclic amines) is 1. The Morgan fingerprint density at radius 2 is 1.94 bits per heavy atom. The lowest BCUT2D eigenvalue weighted by Gasteiger charge is -2.38. The molecule has 0 aromatic carbocycles. The van der Waals surface area contributed by atoms with Crippen molar-refractivity contribution in [2.45, 2.75) is 57.3 Å². The molecule has 0 spiro atoms. The molecule has 1 aliphatic carbocycles. The van der Waals surface area contributed by atoms with E-state index < -0.39 is 18.2 Å². The number of halogens is 3. The van der Waals surface area contributed by atoms with Gasteiger partial charge in [-0.3, -0.25) is 4.90 Å². The third-order valence-electron chi connectivity index (χ3n) is 4.62. The highest BCUT2D eigenvalue weighted by atomic mass is 19.4. The van der Waals surface area contributed by atoms with E-state index in [0.29, 0.717) is 12.5 Å². The maximum atomic E-state index is 12.7. The van der Waals surface area contributed by atoms with Gasteiger partial charge in [0, 0.05) is 12.6 Å². The van der Waals surface area contributed by atoms with E-state index in [9.17, 15) is 18.3 Å². The van der Waals surface area contributed by atoms with Crippen LogP contribution in [0, 0.1) is 11.8 Å². The number of hydrogen-bond donors (Lipinski definition) is 1. The maximum absolute atomic E-state index is 12.7. The summed E-state index contributed by atoms with van der Waals surface area (Å²) in [4.78, 5) is 1.87. The van der Waals surface area contributed by atoms with Crippen LogP contribution in [0.4, 0.5) is 13.2 Å². The van der Waals surface area contributed by atoms with Gasteiger partial charge >= 0.3 is 6.18 Å². The number of hydrogen-bond acceptors (Lipinski definition) is 2. The largest absolute Gasteiger partial charge is 0.393 e. The van der Waals surface area contributed by atoms with Gasteiger partial charge in [0.05, 0.1) is 12.0 Å². The van der Waals surface area contributed by atoms with Gasteiger partial charge in [-0.2, -0.15) is 13.2 Å². The van der Waals surface area contributed by atoms with Crippen molar-refractivity contribution in [2.24, 2.45) is 11.8 Å². The molecular formula is C13H22F3NO. The van der Waals surface area contributed by atoms with Gasteiger partial charge in [0.1, 0.15) is 0 Å². The van der Waals surface area contributed by atoms with Crippen LogP contribution >= 0.6 is 0 Å². The van der Waals surface area contributed by atoms with Gasteiger partial charge in [-0.05, 0) is 38.1 Å². The molecule has 1 saturated carbocycles. The first-order valence-electron chi connectivity index (χ1n) is 6.90. The average molecular weight is 265 g/mol.